The normalized spacial score (nSPS) is 23.7. The minimum absolute atomic E-state index is 0.0757. The highest BCUT2D eigenvalue weighted by atomic mass is 19.4. The van der Waals surface area contributed by atoms with Crippen LogP contribution in [0.4, 0.5) is 18.9 Å². The number of fused-ring (bicyclic) bond motifs is 1. The standard InChI is InChI=1S/C16H17F3N2O5/c1-8(21-5-10(15(23)24)11(6-21)16(17,18)19)14(22)20-9-2-3-12-13(4-9)26-7-25-12/h2-4,8,10-11H,5-7H2,1H3,(H,20,22)(H,23,24)/t8?,10-,11-/m1/s1. The predicted octanol–water partition coefficient (Wildman–Crippen LogP) is 1.94. The molecule has 0 radical (unpaired) electrons. The van der Waals surface area contributed by atoms with Gasteiger partial charge in [-0.3, -0.25) is 14.5 Å². The van der Waals surface area contributed by atoms with Crippen LogP contribution in [0, 0.1) is 11.8 Å². The fourth-order valence-corrected chi connectivity index (χ4v) is 3.12. The number of likely N-dealkylation sites (tertiary alicyclic amines) is 1. The maximum absolute atomic E-state index is 13.1. The number of carboxylic acid groups (broad SMARTS) is 1. The third-order valence-corrected chi connectivity index (χ3v) is 4.65. The molecular formula is C16H17F3N2O5. The van der Waals surface area contributed by atoms with Gasteiger partial charge in [0, 0.05) is 24.8 Å². The fourth-order valence-electron chi connectivity index (χ4n) is 3.12. The molecule has 0 saturated carbocycles. The zero-order chi connectivity index (χ0) is 19.1. The summed E-state index contributed by atoms with van der Waals surface area (Å²) in [4.78, 5) is 24.8. The third kappa shape index (κ3) is 3.55. The number of benzene rings is 1. The molecule has 142 valence electrons. The summed E-state index contributed by atoms with van der Waals surface area (Å²) in [6, 6.07) is 3.82. The van der Waals surface area contributed by atoms with Crippen LogP contribution < -0.4 is 14.8 Å². The third-order valence-electron chi connectivity index (χ3n) is 4.65. The van der Waals surface area contributed by atoms with E-state index in [-0.39, 0.29) is 13.3 Å². The molecule has 1 fully saturated rings. The summed E-state index contributed by atoms with van der Waals surface area (Å²) in [7, 11) is 0. The minimum atomic E-state index is -4.63. The predicted molar refractivity (Wildman–Crippen MR) is 82.9 cm³/mol. The zero-order valence-corrected chi connectivity index (χ0v) is 13.7. The van der Waals surface area contributed by atoms with Crippen LogP contribution in [0.5, 0.6) is 11.5 Å². The molecule has 1 aromatic rings. The number of carbonyl (C=O) groups excluding carboxylic acids is 1. The SMILES string of the molecule is CC(C(=O)Nc1ccc2c(c1)OCO2)N1C[C@@H](C(F)(F)F)[C@H](C(=O)O)C1. The van der Waals surface area contributed by atoms with E-state index in [1.165, 1.54) is 11.8 Å². The van der Waals surface area contributed by atoms with Crippen molar-refractivity contribution >= 4 is 17.6 Å². The van der Waals surface area contributed by atoms with Gasteiger partial charge in [0.2, 0.25) is 12.7 Å². The Bertz CT molecular complexity index is 724. The lowest BCUT2D eigenvalue weighted by Gasteiger charge is -2.23. The van der Waals surface area contributed by atoms with Crippen molar-refractivity contribution in [2.45, 2.75) is 19.1 Å². The lowest BCUT2D eigenvalue weighted by Crippen LogP contribution is -2.41. The number of ether oxygens (including phenoxy) is 2. The molecule has 2 heterocycles. The number of nitrogens with zero attached hydrogens (tertiary/aromatic N) is 1. The number of aliphatic carboxylic acids is 1. The monoisotopic (exact) mass is 374 g/mol. The summed E-state index contributed by atoms with van der Waals surface area (Å²) in [5.41, 5.74) is 0.410. The average molecular weight is 374 g/mol. The number of hydrogen-bond acceptors (Lipinski definition) is 5. The maximum Gasteiger partial charge on any atom is 0.393 e. The highest BCUT2D eigenvalue weighted by molar-refractivity contribution is 5.95. The molecule has 0 spiro atoms. The molecule has 26 heavy (non-hydrogen) atoms. The number of halogens is 3. The first-order valence-electron chi connectivity index (χ1n) is 7.91. The van der Waals surface area contributed by atoms with Crippen molar-refractivity contribution in [1.29, 1.82) is 0 Å². The molecule has 1 aromatic carbocycles. The number of amides is 1. The Morgan fingerprint density at radius 2 is 1.96 bits per heavy atom. The first kappa shape index (κ1) is 18.3. The van der Waals surface area contributed by atoms with Gasteiger partial charge in [-0.25, -0.2) is 0 Å². The quantitative estimate of drug-likeness (QED) is 0.838. The molecule has 3 atom stereocenters. The molecule has 3 rings (SSSR count). The van der Waals surface area contributed by atoms with Gasteiger partial charge in [-0.15, -0.1) is 0 Å². The molecule has 0 aliphatic carbocycles. The van der Waals surface area contributed by atoms with E-state index in [1.54, 1.807) is 18.2 Å². The Morgan fingerprint density at radius 3 is 2.58 bits per heavy atom. The molecule has 2 aliphatic heterocycles. The molecule has 2 N–H and O–H groups in total. The van der Waals surface area contributed by atoms with Gasteiger partial charge in [-0.1, -0.05) is 0 Å². The number of rotatable bonds is 4. The molecular weight excluding hydrogens is 357 g/mol. The van der Waals surface area contributed by atoms with E-state index in [4.69, 9.17) is 14.6 Å². The Balaban J connectivity index is 1.67. The lowest BCUT2D eigenvalue weighted by atomic mass is 9.96. The number of anilines is 1. The molecule has 1 unspecified atom stereocenters. The molecule has 7 nitrogen and oxygen atoms in total. The fraction of sp³-hybridized carbons (Fsp3) is 0.500. The van der Waals surface area contributed by atoms with E-state index >= 15 is 0 Å². The molecule has 2 aliphatic rings. The van der Waals surface area contributed by atoms with E-state index in [0.717, 1.165) is 0 Å². The first-order valence-corrected chi connectivity index (χ1v) is 7.91. The summed E-state index contributed by atoms with van der Waals surface area (Å²) in [6.45, 7) is 0.651. The number of carboxylic acids is 1. The second-order valence-corrected chi connectivity index (χ2v) is 6.28. The smallest absolute Gasteiger partial charge is 0.393 e. The number of nitrogens with one attached hydrogen (secondary N) is 1. The van der Waals surface area contributed by atoms with E-state index < -0.39 is 42.5 Å². The topological polar surface area (TPSA) is 88.1 Å². The van der Waals surface area contributed by atoms with Crippen molar-refractivity contribution in [3.05, 3.63) is 18.2 Å². The first-order chi connectivity index (χ1) is 12.2. The minimum Gasteiger partial charge on any atom is -0.481 e. The molecule has 10 heteroatoms. The Kier molecular flexibility index (Phi) is 4.70. The van der Waals surface area contributed by atoms with E-state index in [9.17, 15) is 22.8 Å². The van der Waals surface area contributed by atoms with Crippen molar-refractivity contribution < 1.29 is 37.3 Å². The summed E-state index contributed by atoms with van der Waals surface area (Å²) >= 11 is 0. The van der Waals surface area contributed by atoms with Crippen molar-refractivity contribution in [2.75, 3.05) is 25.2 Å². The van der Waals surface area contributed by atoms with Crippen molar-refractivity contribution in [3.63, 3.8) is 0 Å². The number of alkyl halides is 3. The van der Waals surface area contributed by atoms with E-state index in [2.05, 4.69) is 5.32 Å². The van der Waals surface area contributed by atoms with Crippen LogP contribution in [0.3, 0.4) is 0 Å². The highest BCUT2D eigenvalue weighted by Crippen LogP contribution is 2.38. The van der Waals surface area contributed by atoms with Crippen LogP contribution in [-0.2, 0) is 9.59 Å². The van der Waals surface area contributed by atoms with Gasteiger partial charge in [0.1, 0.15) is 0 Å². The van der Waals surface area contributed by atoms with Gasteiger partial charge in [0.05, 0.1) is 17.9 Å². The Labute approximate surface area is 146 Å². The van der Waals surface area contributed by atoms with Gasteiger partial charge in [0.25, 0.3) is 0 Å². The second kappa shape index (κ2) is 6.67. The summed E-state index contributed by atoms with van der Waals surface area (Å²) in [6.07, 6.45) is -4.63. The van der Waals surface area contributed by atoms with Gasteiger partial charge in [-0.05, 0) is 19.1 Å². The number of carbonyl (C=O) groups is 2. The maximum atomic E-state index is 13.1. The average Bonchev–Trinajstić information content (AvgIpc) is 3.20. The van der Waals surface area contributed by atoms with Crippen molar-refractivity contribution in [1.82, 2.24) is 4.90 Å². The van der Waals surface area contributed by atoms with Gasteiger partial charge in [-0.2, -0.15) is 13.2 Å². The number of hydrogen-bond donors (Lipinski definition) is 2. The molecule has 1 saturated heterocycles. The van der Waals surface area contributed by atoms with Crippen LogP contribution in [0.2, 0.25) is 0 Å². The lowest BCUT2D eigenvalue weighted by molar-refractivity contribution is -0.188. The van der Waals surface area contributed by atoms with Crippen LogP contribution in [0.1, 0.15) is 6.92 Å². The molecule has 0 aromatic heterocycles. The Hall–Kier alpha value is -2.49. The summed E-state index contributed by atoms with van der Waals surface area (Å²) in [5, 5.41) is 11.7. The zero-order valence-electron chi connectivity index (χ0n) is 13.7. The molecule has 0 bridgehead atoms. The Morgan fingerprint density at radius 1 is 1.27 bits per heavy atom. The van der Waals surface area contributed by atoms with Gasteiger partial charge >= 0.3 is 12.1 Å². The van der Waals surface area contributed by atoms with Crippen LogP contribution in [-0.4, -0.2) is 54.0 Å². The van der Waals surface area contributed by atoms with Crippen molar-refractivity contribution in [2.24, 2.45) is 11.8 Å². The van der Waals surface area contributed by atoms with Gasteiger partial charge in [0.15, 0.2) is 11.5 Å². The summed E-state index contributed by atoms with van der Waals surface area (Å²) in [5.74, 6) is -4.64. The van der Waals surface area contributed by atoms with Crippen LogP contribution in [0.15, 0.2) is 18.2 Å². The van der Waals surface area contributed by atoms with E-state index in [1.807, 2.05) is 0 Å². The van der Waals surface area contributed by atoms with Crippen molar-refractivity contribution in [3.8, 4) is 11.5 Å². The van der Waals surface area contributed by atoms with Gasteiger partial charge < -0.3 is 19.9 Å². The van der Waals surface area contributed by atoms with E-state index in [0.29, 0.717) is 17.2 Å². The van der Waals surface area contributed by atoms with Crippen LogP contribution in [0.25, 0.3) is 0 Å². The highest BCUT2D eigenvalue weighted by Gasteiger charge is 2.53. The second-order valence-electron chi connectivity index (χ2n) is 6.28. The largest absolute Gasteiger partial charge is 0.481 e. The van der Waals surface area contributed by atoms with Crippen LogP contribution >= 0.6 is 0 Å². The molecule has 1 amide bonds. The summed E-state index contributed by atoms with van der Waals surface area (Å²) < 4.78 is 49.6.